The summed E-state index contributed by atoms with van der Waals surface area (Å²) in [4.78, 5) is 22.2. The number of ether oxygens (including phenoxy) is 2. The summed E-state index contributed by atoms with van der Waals surface area (Å²) in [6, 6.07) is 8.03. The van der Waals surface area contributed by atoms with Crippen LogP contribution in [0, 0.1) is 0 Å². The molecule has 1 aromatic carbocycles. The molecule has 226 valence electrons. The van der Waals surface area contributed by atoms with Crippen LogP contribution in [-0.4, -0.2) is 57.9 Å². The van der Waals surface area contributed by atoms with Crippen LogP contribution in [0.1, 0.15) is 109 Å². The number of para-hydroxylation sites is 1. The second kappa shape index (κ2) is 25.7. The van der Waals surface area contributed by atoms with Crippen molar-refractivity contribution in [1.82, 2.24) is 0 Å². The summed E-state index contributed by atoms with van der Waals surface area (Å²) >= 11 is 0. The molecule has 0 aliphatic heterocycles. The highest BCUT2D eigenvalue weighted by atomic mass is 31.2. The van der Waals surface area contributed by atoms with Gasteiger partial charge in [-0.15, -0.1) is 0 Å². The number of hydrogen-bond acceptors (Lipinski definition) is 6. The lowest BCUT2D eigenvalue weighted by Crippen LogP contribution is -3.05. The summed E-state index contributed by atoms with van der Waals surface area (Å²) in [6.45, 7) is 4.21. The Kier molecular flexibility index (Phi) is 23.6. The number of carbonyl (C=O) groups excluding carboxylic acids is 1. The van der Waals surface area contributed by atoms with Gasteiger partial charge in [0, 0.05) is 6.42 Å². The molecule has 0 saturated heterocycles. The van der Waals surface area contributed by atoms with Crippen molar-refractivity contribution in [1.29, 1.82) is 0 Å². The van der Waals surface area contributed by atoms with Crippen molar-refractivity contribution in [3.05, 3.63) is 29.8 Å². The van der Waals surface area contributed by atoms with E-state index in [1.807, 2.05) is 18.2 Å². The largest absolute Gasteiger partial charge is 0.489 e. The highest BCUT2D eigenvalue weighted by molar-refractivity contribution is 7.40. The lowest BCUT2D eigenvalue weighted by Gasteiger charge is -2.19. The van der Waals surface area contributed by atoms with Gasteiger partial charge in [-0.3, -0.25) is 4.79 Å². The van der Waals surface area contributed by atoms with E-state index < -0.39 is 14.7 Å². The molecule has 0 aliphatic rings. The molecule has 0 bridgehead atoms. The normalized spacial score (nSPS) is 12.9. The van der Waals surface area contributed by atoms with Gasteiger partial charge in [-0.1, -0.05) is 109 Å². The molecule has 2 unspecified atom stereocenters. The Hall–Kier alpha value is -1.24. The Labute approximate surface area is 239 Å². The summed E-state index contributed by atoms with van der Waals surface area (Å²) < 4.78 is 21.8. The Bertz CT molecular complexity index is 693. The van der Waals surface area contributed by atoms with Crippen LogP contribution >= 0.6 is 8.60 Å². The number of carbonyl (C=O) groups is 1. The van der Waals surface area contributed by atoms with Crippen LogP contribution in [0.2, 0.25) is 0 Å². The average Bonchev–Trinajstić information content (AvgIpc) is 2.93. The number of benzene rings is 1. The van der Waals surface area contributed by atoms with E-state index in [0.29, 0.717) is 13.1 Å². The van der Waals surface area contributed by atoms with E-state index >= 15 is 0 Å². The topological polar surface area (TPSA) is 78.7 Å². The number of rotatable bonds is 28. The molecular formula is C31H57NO6P+. The number of nitrogens with one attached hydrogen (secondary N) is 1. The summed E-state index contributed by atoms with van der Waals surface area (Å²) in [6.07, 6.45) is 20.1. The second-order valence-electron chi connectivity index (χ2n) is 10.8. The molecule has 39 heavy (non-hydrogen) atoms. The Balaban J connectivity index is 2.20. The minimum atomic E-state index is -2.01. The van der Waals surface area contributed by atoms with Crippen LogP contribution in [0.5, 0.6) is 5.75 Å². The predicted molar refractivity (Wildman–Crippen MR) is 160 cm³/mol. The van der Waals surface area contributed by atoms with Gasteiger partial charge >= 0.3 is 8.60 Å². The molecule has 0 aliphatic carbocycles. The van der Waals surface area contributed by atoms with E-state index in [0.717, 1.165) is 37.1 Å². The zero-order valence-electron chi connectivity index (χ0n) is 25.0. The number of hydrogen-bond donors (Lipinski definition) is 2. The van der Waals surface area contributed by atoms with E-state index in [9.17, 15) is 9.69 Å². The summed E-state index contributed by atoms with van der Waals surface area (Å²) in [7, 11) is 2.13. The van der Waals surface area contributed by atoms with E-state index in [-0.39, 0.29) is 13.2 Å². The van der Waals surface area contributed by atoms with Crippen molar-refractivity contribution >= 4 is 15.1 Å². The monoisotopic (exact) mass is 570 g/mol. The van der Waals surface area contributed by atoms with Gasteiger partial charge in [0.25, 0.3) is 6.47 Å². The van der Waals surface area contributed by atoms with Crippen LogP contribution in [-0.2, 0) is 25.0 Å². The van der Waals surface area contributed by atoms with Crippen molar-refractivity contribution in [2.75, 3.05) is 40.5 Å². The van der Waals surface area contributed by atoms with Crippen LogP contribution in [0.15, 0.2) is 24.3 Å². The molecule has 0 saturated carbocycles. The van der Waals surface area contributed by atoms with Gasteiger partial charge in [-0.2, -0.15) is 0 Å². The zero-order valence-corrected chi connectivity index (χ0v) is 25.9. The predicted octanol–water partition coefficient (Wildman–Crippen LogP) is 6.42. The summed E-state index contributed by atoms with van der Waals surface area (Å²) in [5.74, 6) is 0.806. The van der Waals surface area contributed by atoms with Crippen molar-refractivity contribution in [2.24, 2.45) is 0 Å². The second-order valence-corrected chi connectivity index (χ2v) is 11.8. The first-order chi connectivity index (χ1) is 19.1. The van der Waals surface area contributed by atoms with Crippen LogP contribution in [0.3, 0.4) is 0 Å². The molecule has 0 amide bonds. The van der Waals surface area contributed by atoms with Gasteiger partial charge in [0.1, 0.15) is 12.4 Å². The maximum atomic E-state index is 10.9. The molecule has 2 N–H and O–H groups in total. The fourth-order valence-corrected chi connectivity index (χ4v) is 5.16. The molecule has 2 atom stereocenters. The smallest absolute Gasteiger partial charge is 0.329 e. The van der Waals surface area contributed by atoms with Crippen molar-refractivity contribution in [2.45, 2.75) is 116 Å². The third-order valence-corrected chi connectivity index (χ3v) is 7.61. The molecule has 0 radical (unpaired) electrons. The summed E-state index contributed by atoms with van der Waals surface area (Å²) in [5, 5.41) is 0. The summed E-state index contributed by atoms with van der Waals surface area (Å²) in [5.41, 5.74) is 1.16. The fraction of sp³-hybridized carbons (Fsp3) is 0.774. The maximum absolute atomic E-state index is 10.9. The third kappa shape index (κ3) is 21.2. The van der Waals surface area contributed by atoms with Gasteiger partial charge in [0.05, 0.1) is 33.9 Å². The minimum absolute atomic E-state index is 0.0149. The molecular weight excluding hydrogens is 513 g/mol. The first-order valence-corrected chi connectivity index (χ1v) is 16.5. The number of unbranched alkanes of at least 4 members (excludes halogenated alkanes) is 13. The third-order valence-electron chi connectivity index (χ3n) is 6.84. The first-order valence-electron chi connectivity index (χ1n) is 15.4. The standard InChI is InChI=1S/C31H56NO6P/c1-4-5-6-7-8-9-10-11-12-13-14-15-16-17-21-29-22-18-19-23-31(29)35-26-30(36-28-33)27-38-39(34)37-25-20-24-32(2)3/h18-19,22-23,28,30,34H,4-17,20-21,24-27H2,1-3H3/p+1. The Morgan fingerprint density at radius 3 is 2.00 bits per heavy atom. The minimum Gasteiger partial charge on any atom is -0.489 e. The van der Waals surface area contributed by atoms with E-state index in [1.54, 1.807) is 0 Å². The molecule has 1 rings (SSSR count). The van der Waals surface area contributed by atoms with Gasteiger partial charge in [-0.25, -0.2) is 0 Å². The molecule has 1 aromatic rings. The van der Waals surface area contributed by atoms with Gasteiger partial charge in [0.2, 0.25) is 0 Å². The maximum Gasteiger partial charge on any atom is 0.329 e. The molecule has 7 nitrogen and oxygen atoms in total. The zero-order chi connectivity index (χ0) is 28.4. The molecule has 8 heteroatoms. The molecule has 0 aromatic heterocycles. The van der Waals surface area contributed by atoms with Crippen LogP contribution in [0.25, 0.3) is 0 Å². The van der Waals surface area contributed by atoms with Gasteiger partial charge < -0.3 is 28.3 Å². The highest BCUT2D eigenvalue weighted by Crippen LogP contribution is 2.33. The first kappa shape index (κ1) is 35.8. The van der Waals surface area contributed by atoms with E-state index in [1.165, 1.54) is 88.4 Å². The Morgan fingerprint density at radius 2 is 1.41 bits per heavy atom. The number of quaternary nitrogens is 1. The van der Waals surface area contributed by atoms with E-state index in [4.69, 9.17) is 18.5 Å². The van der Waals surface area contributed by atoms with Crippen LogP contribution in [0.4, 0.5) is 0 Å². The van der Waals surface area contributed by atoms with Crippen molar-refractivity contribution in [3.8, 4) is 5.75 Å². The fourth-order valence-electron chi connectivity index (χ4n) is 4.50. The molecule has 0 spiro atoms. The lowest BCUT2D eigenvalue weighted by molar-refractivity contribution is -0.858. The SMILES string of the molecule is CCCCCCCCCCCCCCCCc1ccccc1OCC(COP(O)OCCC[NH+](C)C)OC=O. The molecule has 0 heterocycles. The van der Waals surface area contributed by atoms with Crippen molar-refractivity contribution < 1.29 is 33.1 Å². The van der Waals surface area contributed by atoms with E-state index in [2.05, 4.69) is 27.1 Å². The van der Waals surface area contributed by atoms with Gasteiger partial charge in [0.15, 0.2) is 6.10 Å². The quantitative estimate of drug-likeness (QED) is 0.0688. The average molecular weight is 571 g/mol. The van der Waals surface area contributed by atoms with Crippen molar-refractivity contribution in [3.63, 3.8) is 0 Å². The molecule has 0 fully saturated rings. The highest BCUT2D eigenvalue weighted by Gasteiger charge is 2.16. The number of aryl methyl sites for hydroxylation is 1. The lowest BCUT2D eigenvalue weighted by atomic mass is 10.0. The Morgan fingerprint density at radius 1 is 0.821 bits per heavy atom. The van der Waals surface area contributed by atoms with Crippen LogP contribution < -0.4 is 9.64 Å². The van der Waals surface area contributed by atoms with Gasteiger partial charge in [-0.05, 0) is 24.5 Å².